The molecule has 21 heavy (non-hydrogen) atoms. The minimum absolute atomic E-state index is 0.0197. The van der Waals surface area contributed by atoms with Gasteiger partial charge in [0.15, 0.2) is 0 Å². The first-order chi connectivity index (χ1) is 9.71. The molecule has 0 spiro atoms. The lowest BCUT2D eigenvalue weighted by Gasteiger charge is -2.17. The van der Waals surface area contributed by atoms with Gasteiger partial charge in [0, 0.05) is 21.4 Å². The van der Waals surface area contributed by atoms with Crippen LogP contribution < -0.4 is 10.5 Å². The smallest absolute Gasteiger partial charge is 0.241 e. The Hall–Kier alpha value is -0.640. The number of nitrogens with zero attached hydrogens (tertiary/aromatic N) is 1. The fourth-order valence-corrected chi connectivity index (χ4v) is 4.68. The molecule has 0 aromatic heterocycles. The predicted octanol–water partition coefficient (Wildman–Crippen LogP) is 2.71. The highest BCUT2D eigenvalue weighted by Gasteiger charge is 2.23. The third kappa shape index (κ3) is 4.94. The lowest BCUT2D eigenvalue weighted by Crippen LogP contribution is -2.37. The number of hydrogen-bond donors (Lipinski definition) is 3. The van der Waals surface area contributed by atoms with Gasteiger partial charge in [0.2, 0.25) is 10.0 Å². The molecule has 118 valence electrons. The molecule has 1 unspecified atom stereocenters. The SMILES string of the molecule is CCC(C/C(N)=N/O)NS(=O)(=O)c1cc(Br)c(C)cc1Br. The number of aryl methyl sites for hydroxylation is 1. The lowest BCUT2D eigenvalue weighted by atomic mass is 10.1. The molecule has 0 bridgehead atoms. The average Bonchev–Trinajstić information content (AvgIpc) is 2.41. The van der Waals surface area contributed by atoms with E-state index in [1.165, 1.54) is 6.07 Å². The molecule has 0 aliphatic carbocycles. The van der Waals surface area contributed by atoms with Crippen molar-refractivity contribution in [1.29, 1.82) is 0 Å². The maximum atomic E-state index is 12.5. The van der Waals surface area contributed by atoms with E-state index in [2.05, 4.69) is 41.7 Å². The van der Waals surface area contributed by atoms with E-state index < -0.39 is 16.1 Å². The summed E-state index contributed by atoms with van der Waals surface area (Å²) in [5, 5.41) is 11.4. The molecule has 0 fully saturated rings. The van der Waals surface area contributed by atoms with E-state index in [9.17, 15) is 8.42 Å². The summed E-state index contributed by atoms with van der Waals surface area (Å²) in [7, 11) is -3.71. The third-order valence-corrected chi connectivity index (χ3v) is 6.23. The van der Waals surface area contributed by atoms with Crippen LogP contribution in [0.25, 0.3) is 0 Å². The van der Waals surface area contributed by atoms with Gasteiger partial charge in [0.05, 0.1) is 4.90 Å². The molecule has 1 rings (SSSR count). The molecule has 0 saturated carbocycles. The predicted molar refractivity (Wildman–Crippen MR) is 89.0 cm³/mol. The Morgan fingerprint density at radius 2 is 2.05 bits per heavy atom. The van der Waals surface area contributed by atoms with E-state index in [0.29, 0.717) is 15.4 Å². The van der Waals surface area contributed by atoms with E-state index in [1.54, 1.807) is 6.07 Å². The quantitative estimate of drug-likeness (QED) is 0.272. The molecule has 9 heteroatoms. The minimum atomic E-state index is -3.71. The van der Waals surface area contributed by atoms with Gasteiger partial charge in [0.1, 0.15) is 5.84 Å². The highest BCUT2D eigenvalue weighted by atomic mass is 79.9. The van der Waals surface area contributed by atoms with Crippen LogP contribution in [0.15, 0.2) is 31.1 Å². The Bertz CT molecular complexity index is 647. The lowest BCUT2D eigenvalue weighted by molar-refractivity contribution is 0.316. The summed E-state index contributed by atoms with van der Waals surface area (Å²) >= 11 is 6.59. The van der Waals surface area contributed by atoms with Crippen molar-refractivity contribution >= 4 is 47.7 Å². The second-order valence-corrected chi connectivity index (χ2v) is 7.94. The van der Waals surface area contributed by atoms with E-state index in [-0.39, 0.29) is 17.2 Å². The molecule has 1 aromatic carbocycles. The number of amidine groups is 1. The maximum absolute atomic E-state index is 12.5. The summed E-state index contributed by atoms with van der Waals surface area (Å²) < 4.78 is 28.6. The Morgan fingerprint density at radius 1 is 1.43 bits per heavy atom. The van der Waals surface area contributed by atoms with Gasteiger partial charge in [-0.2, -0.15) is 0 Å². The van der Waals surface area contributed by atoms with Gasteiger partial charge in [-0.25, -0.2) is 13.1 Å². The van der Waals surface area contributed by atoms with Crippen LogP contribution in [-0.2, 0) is 10.0 Å². The second-order valence-electron chi connectivity index (χ2n) is 4.55. The summed E-state index contributed by atoms with van der Waals surface area (Å²) in [6, 6.07) is 2.82. The Labute approximate surface area is 141 Å². The van der Waals surface area contributed by atoms with E-state index in [4.69, 9.17) is 10.9 Å². The Balaban J connectivity index is 3.08. The molecule has 1 aromatic rings. The summed E-state index contributed by atoms with van der Waals surface area (Å²) in [6.45, 7) is 3.68. The van der Waals surface area contributed by atoms with E-state index in [0.717, 1.165) is 5.56 Å². The summed E-state index contributed by atoms with van der Waals surface area (Å²) in [4.78, 5) is 0.137. The molecule has 0 aliphatic heterocycles. The van der Waals surface area contributed by atoms with Gasteiger partial charge in [-0.1, -0.05) is 28.0 Å². The first-order valence-electron chi connectivity index (χ1n) is 6.15. The normalized spacial score (nSPS) is 14.2. The van der Waals surface area contributed by atoms with Gasteiger partial charge in [-0.05, 0) is 47.0 Å². The van der Waals surface area contributed by atoms with Crippen molar-refractivity contribution in [3.63, 3.8) is 0 Å². The van der Waals surface area contributed by atoms with Crippen molar-refractivity contribution in [2.75, 3.05) is 0 Å². The molecule has 1 atom stereocenters. The van der Waals surface area contributed by atoms with Crippen LogP contribution in [0.4, 0.5) is 0 Å². The first kappa shape index (κ1) is 18.4. The fraction of sp³-hybridized carbons (Fsp3) is 0.417. The van der Waals surface area contributed by atoms with Crippen molar-refractivity contribution in [1.82, 2.24) is 4.72 Å². The zero-order chi connectivity index (χ0) is 16.2. The molecular formula is C12H17Br2N3O3S. The fourth-order valence-electron chi connectivity index (χ4n) is 1.68. The summed E-state index contributed by atoms with van der Waals surface area (Å²) in [6.07, 6.45) is 0.650. The van der Waals surface area contributed by atoms with Crippen molar-refractivity contribution in [2.24, 2.45) is 10.9 Å². The van der Waals surface area contributed by atoms with Crippen LogP contribution in [0.5, 0.6) is 0 Å². The van der Waals surface area contributed by atoms with Crippen molar-refractivity contribution < 1.29 is 13.6 Å². The third-order valence-electron chi connectivity index (χ3n) is 2.90. The van der Waals surface area contributed by atoms with Crippen molar-refractivity contribution in [3.05, 3.63) is 26.6 Å². The molecular weight excluding hydrogens is 426 g/mol. The standard InChI is InChI=1S/C12H17Br2N3O3S/c1-3-8(5-12(15)16-18)17-21(19,20)11-6-9(13)7(2)4-10(11)14/h4,6,8,17-18H,3,5H2,1-2H3,(H2,15,16). The van der Waals surface area contributed by atoms with Crippen LogP contribution in [0.2, 0.25) is 0 Å². The summed E-state index contributed by atoms with van der Waals surface area (Å²) in [5.74, 6) is -0.0197. The van der Waals surface area contributed by atoms with Crippen molar-refractivity contribution in [2.45, 2.75) is 37.6 Å². The molecule has 0 heterocycles. The van der Waals surface area contributed by atoms with Crippen LogP contribution >= 0.6 is 31.9 Å². The number of benzene rings is 1. The Kier molecular flexibility index (Phi) is 6.64. The molecule has 0 amide bonds. The molecule has 0 radical (unpaired) electrons. The number of rotatable bonds is 6. The number of nitrogens with two attached hydrogens (primary N) is 1. The number of halogens is 2. The molecule has 6 nitrogen and oxygen atoms in total. The van der Waals surface area contributed by atoms with Crippen LogP contribution in [0.1, 0.15) is 25.3 Å². The maximum Gasteiger partial charge on any atom is 0.241 e. The van der Waals surface area contributed by atoms with Gasteiger partial charge in [-0.15, -0.1) is 0 Å². The van der Waals surface area contributed by atoms with Crippen LogP contribution in [0, 0.1) is 6.92 Å². The minimum Gasteiger partial charge on any atom is -0.409 e. The van der Waals surface area contributed by atoms with Gasteiger partial charge < -0.3 is 10.9 Å². The number of nitrogens with one attached hydrogen (secondary N) is 1. The number of oxime groups is 1. The zero-order valence-electron chi connectivity index (χ0n) is 11.6. The van der Waals surface area contributed by atoms with Gasteiger partial charge in [0.25, 0.3) is 0 Å². The first-order valence-corrected chi connectivity index (χ1v) is 9.22. The van der Waals surface area contributed by atoms with E-state index in [1.807, 2.05) is 13.8 Å². The molecule has 0 saturated heterocycles. The topological polar surface area (TPSA) is 105 Å². The molecule has 0 aliphatic rings. The average molecular weight is 443 g/mol. The Morgan fingerprint density at radius 3 is 2.57 bits per heavy atom. The summed E-state index contributed by atoms with van der Waals surface area (Å²) in [5.41, 5.74) is 6.35. The number of sulfonamides is 1. The van der Waals surface area contributed by atoms with E-state index >= 15 is 0 Å². The van der Waals surface area contributed by atoms with Crippen molar-refractivity contribution in [3.8, 4) is 0 Å². The monoisotopic (exact) mass is 441 g/mol. The van der Waals surface area contributed by atoms with Gasteiger partial charge in [-0.3, -0.25) is 0 Å². The molecule has 4 N–H and O–H groups in total. The zero-order valence-corrected chi connectivity index (χ0v) is 15.6. The number of hydrogen-bond acceptors (Lipinski definition) is 4. The second kappa shape index (κ2) is 7.57. The largest absolute Gasteiger partial charge is 0.409 e. The highest BCUT2D eigenvalue weighted by Crippen LogP contribution is 2.29. The van der Waals surface area contributed by atoms with Crippen LogP contribution in [-0.4, -0.2) is 25.5 Å². The van der Waals surface area contributed by atoms with Crippen LogP contribution in [0.3, 0.4) is 0 Å². The highest BCUT2D eigenvalue weighted by molar-refractivity contribution is 9.11. The van der Waals surface area contributed by atoms with Gasteiger partial charge >= 0.3 is 0 Å².